The predicted molar refractivity (Wildman–Crippen MR) is 120 cm³/mol. The number of hydrogen-bond acceptors (Lipinski definition) is 8. The number of anilines is 2. The number of H-pyrrole nitrogens is 1. The van der Waals surface area contributed by atoms with E-state index in [1.807, 2.05) is 15.7 Å². The average molecular weight is 484 g/mol. The highest BCUT2D eigenvalue weighted by Crippen LogP contribution is 2.40. The number of nitrogens with zero attached hydrogens (tertiary/aromatic N) is 7. The van der Waals surface area contributed by atoms with Crippen molar-refractivity contribution in [3.63, 3.8) is 0 Å². The highest BCUT2D eigenvalue weighted by molar-refractivity contribution is 7.13. The van der Waals surface area contributed by atoms with Gasteiger partial charge in [0.25, 0.3) is 5.91 Å². The first-order chi connectivity index (χ1) is 16.5. The molecule has 174 valence electrons. The lowest BCUT2D eigenvalue weighted by Crippen LogP contribution is -2.50. The number of nitrogens with one attached hydrogen (secondary N) is 2. The SMILES string of the molecule is O=C(Nc1csc(-c2ncn[nH]2)n1)c1cc(-n2cnc(C3CC3)c2)c(N2CC(C(F)F)C2)cn1. The quantitative estimate of drug-likeness (QED) is 0.414. The number of aromatic nitrogens is 7. The number of alkyl halides is 2. The van der Waals surface area contributed by atoms with Crippen molar-refractivity contribution in [3.05, 3.63) is 47.9 Å². The Balaban J connectivity index is 1.27. The summed E-state index contributed by atoms with van der Waals surface area (Å²) in [6.45, 7) is 0.483. The number of hydrogen-bond donors (Lipinski definition) is 2. The van der Waals surface area contributed by atoms with Gasteiger partial charge in [-0.2, -0.15) is 5.10 Å². The van der Waals surface area contributed by atoms with Gasteiger partial charge >= 0.3 is 0 Å². The minimum absolute atomic E-state index is 0.181. The lowest BCUT2D eigenvalue weighted by Gasteiger charge is -2.41. The summed E-state index contributed by atoms with van der Waals surface area (Å²) in [5.74, 6) is 0.251. The molecule has 4 aromatic heterocycles. The average Bonchev–Trinajstić information content (AvgIpc) is 3.21. The fourth-order valence-corrected chi connectivity index (χ4v) is 4.57. The van der Waals surface area contributed by atoms with Crippen molar-refractivity contribution < 1.29 is 13.6 Å². The smallest absolute Gasteiger partial charge is 0.275 e. The normalized spacial score (nSPS) is 16.1. The molecule has 1 saturated heterocycles. The lowest BCUT2D eigenvalue weighted by atomic mass is 10.00. The topological polar surface area (TPSA) is 118 Å². The first kappa shape index (κ1) is 20.8. The van der Waals surface area contributed by atoms with Crippen LogP contribution < -0.4 is 10.2 Å². The number of aromatic amines is 1. The standard InChI is InChI=1S/C21H19F2N9OS/c22-18(23)12-5-31(6-12)16-4-24-13(3-15(16)32-7-14(26-10-32)11-1-2-11)20(33)28-17-8-34-21(29-17)19-25-9-27-30-19/h3-4,7-12,18H,1-2,5-6H2,(H,28,33)(H,25,27,30). The van der Waals surface area contributed by atoms with Crippen LogP contribution in [0.1, 0.15) is 34.9 Å². The Morgan fingerprint density at radius 1 is 1.21 bits per heavy atom. The van der Waals surface area contributed by atoms with E-state index in [0.717, 1.165) is 18.5 Å². The molecule has 34 heavy (non-hydrogen) atoms. The van der Waals surface area contributed by atoms with E-state index < -0.39 is 18.3 Å². The monoisotopic (exact) mass is 483 g/mol. The number of carbonyl (C=O) groups is 1. The second-order valence-electron chi connectivity index (χ2n) is 8.36. The Kier molecular flexibility index (Phi) is 5.05. The van der Waals surface area contributed by atoms with Crippen molar-refractivity contribution in [2.75, 3.05) is 23.3 Å². The van der Waals surface area contributed by atoms with E-state index in [1.165, 1.54) is 17.7 Å². The molecular weight excluding hydrogens is 464 g/mol. The Morgan fingerprint density at radius 3 is 2.79 bits per heavy atom. The summed E-state index contributed by atoms with van der Waals surface area (Å²) in [6, 6.07) is 1.66. The summed E-state index contributed by atoms with van der Waals surface area (Å²) >= 11 is 1.31. The molecule has 2 fully saturated rings. The zero-order valence-corrected chi connectivity index (χ0v) is 18.5. The van der Waals surface area contributed by atoms with Crippen LogP contribution in [0.15, 0.2) is 36.5 Å². The molecule has 0 atom stereocenters. The molecule has 13 heteroatoms. The molecule has 10 nitrogen and oxygen atoms in total. The highest BCUT2D eigenvalue weighted by Gasteiger charge is 2.36. The Bertz CT molecular complexity index is 1330. The molecular formula is C21H19F2N9OS. The summed E-state index contributed by atoms with van der Waals surface area (Å²) in [6.07, 6.45) is 6.44. The Hall–Kier alpha value is -3.74. The van der Waals surface area contributed by atoms with Crippen LogP contribution in [0.4, 0.5) is 20.3 Å². The van der Waals surface area contributed by atoms with Crippen molar-refractivity contribution in [1.82, 2.24) is 34.7 Å². The van der Waals surface area contributed by atoms with Gasteiger partial charge in [0, 0.05) is 30.6 Å². The summed E-state index contributed by atoms with van der Waals surface area (Å²) < 4.78 is 27.9. The fourth-order valence-electron chi connectivity index (χ4n) is 3.87. The molecule has 2 N–H and O–H groups in total. The third kappa shape index (κ3) is 3.91. The molecule has 6 rings (SSSR count). The van der Waals surface area contributed by atoms with Gasteiger partial charge < -0.3 is 14.8 Å². The van der Waals surface area contributed by atoms with Crippen LogP contribution in [0.3, 0.4) is 0 Å². The van der Waals surface area contributed by atoms with Crippen LogP contribution in [-0.2, 0) is 0 Å². The number of pyridine rings is 1. The maximum absolute atomic E-state index is 13.0. The van der Waals surface area contributed by atoms with Gasteiger partial charge in [-0.1, -0.05) is 0 Å². The number of imidazole rings is 1. The van der Waals surface area contributed by atoms with Crippen molar-refractivity contribution in [2.45, 2.75) is 25.2 Å². The second kappa shape index (κ2) is 8.24. The molecule has 0 spiro atoms. The van der Waals surface area contributed by atoms with Gasteiger partial charge in [0.05, 0.1) is 35.5 Å². The third-order valence-electron chi connectivity index (χ3n) is 5.94. The van der Waals surface area contributed by atoms with Crippen LogP contribution in [0.2, 0.25) is 0 Å². The fraction of sp³-hybridized carbons (Fsp3) is 0.333. The predicted octanol–water partition coefficient (Wildman–Crippen LogP) is 3.34. The summed E-state index contributed by atoms with van der Waals surface area (Å²) in [4.78, 5) is 32.0. The van der Waals surface area contributed by atoms with Crippen LogP contribution in [0.25, 0.3) is 16.5 Å². The summed E-state index contributed by atoms with van der Waals surface area (Å²) in [5.41, 5.74) is 2.54. The van der Waals surface area contributed by atoms with Crippen molar-refractivity contribution in [1.29, 1.82) is 0 Å². The number of amides is 1. The van der Waals surface area contributed by atoms with E-state index >= 15 is 0 Å². The van der Waals surface area contributed by atoms with E-state index in [-0.39, 0.29) is 18.8 Å². The molecule has 1 aliphatic carbocycles. The molecule has 0 aromatic carbocycles. The third-order valence-corrected chi connectivity index (χ3v) is 6.79. The van der Waals surface area contributed by atoms with Gasteiger partial charge in [0.2, 0.25) is 6.43 Å². The van der Waals surface area contributed by atoms with E-state index in [2.05, 4.69) is 35.5 Å². The summed E-state index contributed by atoms with van der Waals surface area (Å²) in [5, 5.41) is 11.6. The van der Waals surface area contributed by atoms with Gasteiger partial charge in [0.15, 0.2) is 10.8 Å². The van der Waals surface area contributed by atoms with Gasteiger partial charge in [-0.3, -0.25) is 9.89 Å². The van der Waals surface area contributed by atoms with E-state index in [9.17, 15) is 13.6 Å². The van der Waals surface area contributed by atoms with Crippen molar-refractivity contribution in [3.8, 4) is 16.5 Å². The van der Waals surface area contributed by atoms with Crippen LogP contribution >= 0.6 is 11.3 Å². The molecule has 0 bridgehead atoms. The molecule has 1 aliphatic heterocycles. The van der Waals surface area contributed by atoms with E-state index in [4.69, 9.17) is 0 Å². The number of halogens is 2. The molecule has 2 aliphatic rings. The zero-order chi connectivity index (χ0) is 23.2. The van der Waals surface area contributed by atoms with Gasteiger partial charge in [0.1, 0.15) is 17.8 Å². The summed E-state index contributed by atoms with van der Waals surface area (Å²) in [7, 11) is 0. The van der Waals surface area contributed by atoms with Gasteiger partial charge in [-0.05, 0) is 18.9 Å². The number of rotatable bonds is 7. The Labute approximate surface area is 196 Å². The minimum Gasteiger partial charge on any atom is -0.367 e. The maximum Gasteiger partial charge on any atom is 0.275 e. The molecule has 0 unspecified atom stereocenters. The zero-order valence-electron chi connectivity index (χ0n) is 17.7. The molecule has 5 heterocycles. The lowest BCUT2D eigenvalue weighted by molar-refractivity contribution is 0.0614. The first-order valence-corrected chi connectivity index (χ1v) is 11.6. The van der Waals surface area contributed by atoms with Crippen LogP contribution in [-0.4, -0.2) is 60.1 Å². The number of carbonyl (C=O) groups excluding carboxylic acids is 1. The Morgan fingerprint density at radius 2 is 2.06 bits per heavy atom. The molecule has 0 radical (unpaired) electrons. The minimum atomic E-state index is -2.35. The largest absolute Gasteiger partial charge is 0.367 e. The molecule has 4 aromatic rings. The van der Waals surface area contributed by atoms with Crippen LogP contribution in [0.5, 0.6) is 0 Å². The second-order valence-corrected chi connectivity index (χ2v) is 9.22. The van der Waals surface area contributed by atoms with Crippen molar-refractivity contribution in [2.24, 2.45) is 5.92 Å². The first-order valence-electron chi connectivity index (χ1n) is 10.7. The van der Waals surface area contributed by atoms with Gasteiger partial charge in [-0.15, -0.1) is 11.3 Å². The van der Waals surface area contributed by atoms with Gasteiger partial charge in [-0.25, -0.2) is 28.7 Å². The molecule has 1 amide bonds. The van der Waals surface area contributed by atoms with E-state index in [0.29, 0.717) is 33.9 Å². The molecule has 1 saturated carbocycles. The maximum atomic E-state index is 13.0. The van der Waals surface area contributed by atoms with Crippen molar-refractivity contribution >= 4 is 28.7 Å². The van der Waals surface area contributed by atoms with E-state index in [1.54, 1.807) is 24.0 Å². The number of thiazole rings is 1. The highest BCUT2D eigenvalue weighted by atomic mass is 32.1. The van der Waals surface area contributed by atoms with Crippen LogP contribution in [0, 0.1) is 5.92 Å².